The highest BCUT2D eigenvalue weighted by atomic mass is 15.0. The van der Waals surface area contributed by atoms with Crippen molar-refractivity contribution in [2.75, 3.05) is 0 Å². The Hall–Kier alpha value is -6.84. The van der Waals surface area contributed by atoms with Crippen molar-refractivity contribution in [2.45, 2.75) is 0 Å². The molecule has 0 saturated carbocycles. The highest BCUT2D eigenvalue weighted by molar-refractivity contribution is 6.29. The second-order valence-electron chi connectivity index (χ2n) is 13.4. The SMILES string of the molecule is c1ccc(-c2ccc(-n3c4ccc(-n5c6ccccc6c6ccccc65)cc4c4c5c6ccccc6n(-c6ccccc6)c5ccc43)cc2)cc1. The van der Waals surface area contributed by atoms with E-state index < -0.39 is 0 Å². The van der Waals surface area contributed by atoms with Gasteiger partial charge in [0.1, 0.15) is 0 Å². The third-order valence-electron chi connectivity index (χ3n) is 10.6. The zero-order valence-corrected chi connectivity index (χ0v) is 27.7. The smallest absolute Gasteiger partial charge is 0.0548 e. The lowest BCUT2D eigenvalue weighted by Gasteiger charge is -2.11. The van der Waals surface area contributed by atoms with E-state index in [4.69, 9.17) is 0 Å². The van der Waals surface area contributed by atoms with E-state index in [1.165, 1.54) is 76.5 Å². The Bertz CT molecular complexity index is 3050. The fourth-order valence-corrected chi connectivity index (χ4v) is 8.46. The first-order valence-electron chi connectivity index (χ1n) is 17.5. The summed E-state index contributed by atoms with van der Waals surface area (Å²) in [6.07, 6.45) is 0. The van der Waals surface area contributed by atoms with Gasteiger partial charge in [-0.15, -0.1) is 0 Å². The van der Waals surface area contributed by atoms with Crippen molar-refractivity contribution in [2.24, 2.45) is 0 Å². The average Bonchev–Trinajstić information content (AvgIpc) is 3.84. The molecule has 3 heteroatoms. The molecule has 11 rings (SSSR count). The normalized spacial score (nSPS) is 11.9. The van der Waals surface area contributed by atoms with E-state index in [2.05, 4.69) is 202 Å². The maximum atomic E-state index is 2.45. The molecule has 0 aliphatic heterocycles. The third kappa shape index (κ3) is 4.06. The van der Waals surface area contributed by atoms with E-state index in [9.17, 15) is 0 Å². The first-order valence-corrected chi connectivity index (χ1v) is 17.5. The highest BCUT2D eigenvalue weighted by Crippen LogP contribution is 2.43. The molecule has 3 heterocycles. The molecule has 51 heavy (non-hydrogen) atoms. The Morgan fingerprint density at radius 1 is 0.235 bits per heavy atom. The number of hydrogen-bond donors (Lipinski definition) is 0. The molecule has 0 amide bonds. The fraction of sp³-hybridized carbons (Fsp3) is 0. The van der Waals surface area contributed by atoms with E-state index in [1.54, 1.807) is 0 Å². The van der Waals surface area contributed by atoms with Gasteiger partial charge in [-0.05, 0) is 83.9 Å². The van der Waals surface area contributed by atoms with Gasteiger partial charge in [0.2, 0.25) is 0 Å². The van der Waals surface area contributed by atoms with E-state index >= 15 is 0 Å². The van der Waals surface area contributed by atoms with Gasteiger partial charge in [0, 0.05) is 49.4 Å². The number of rotatable bonds is 4. The van der Waals surface area contributed by atoms with Gasteiger partial charge < -0.3 is 13.7 Å². The number of fused-ring (bicyclic) bond motifs is 10. The molecule has 0 spiro atoms. The van der Waals surface area contributed by atoms with Crippen LogP contribution in [0.3, 0.4) is 0 Å². The molecule has 0 atom stereocenters. The minimum Gasteiger partial charge on any atom is -0.309 e. The van der Waals surface area contributed by atoms with Crippen molar-refractivity contribution < 1.29 is 0 Å². The maximum Gasteiger partial charge on any atom is 0.0548 e. The average molecular weight is 650 g/mol. The number of hydrogen-bond acceptors (Lipinski definition) is 0. The lowest BCUT2D eigenvalue weighted by molar-refractivity contribution is 1.16. The van der Waals surface area contributed by atoms with Crippen molar-refractivity contribution in [1.82, 2.24) is 13.7 Å². The molecular formula is C48H31N3. The lowest BCUT2D eigenvalue weighted by atomic mass is 10.0. The predicted molar refractivity (Wildman–Crippen MR) is 215 cm³/mol. The fourth-order valence-electron chi connectivity index (χ4n) is 8.46. The van der Waals surface area contributed by atoms with Crippen LogP contribution in [0.2, 0.25) is 0 Å². The third-order valence-corrected chi connectivity index (χ3v) is 10.6. The second kappa shape index (κ2) is 10.8. The summed E-state index contributed by atoms with van der Waals surface area (Å²) >= 11 is 0. The van der Waals surface area contributed by atoms with Crippen LogP contribution >= 0.6 is 0 Å². The van der Waals surface area contributed by atoms with Gasteiger partial charge in [-0.2, -0.15) is 0 Å². The minimum atomic E-state index is 1.14. The summed E-state index contributed by atoms with van der Waals surface area (Å²) in [5, 5.41) is 7.56. The van der Waals surface area contributed by atoms with E-state index in [1.807, 2.05) is 0 Å². The highest BCUT2D eigenvalue weighted by Gasteiger charge is 2.22. The first kappa shape index (κ1) is 28.0. The minimum absolute atomic E-state index is 1.14. The number of nitrogens with zero attached hydrogens (tertiary/aromatic N) is 3. The Morgan fingerprint density at radius 2 is 0.627 bits per heavy atom. The van der Waals surface area contributed by atoms with Crippen LogP contribution in [0, 0.1) is 0 Å². The van der Waals surface area contributed by atoms with Gasteiger partial charge >= 0.3 is 0 Å². The summed E-state index contributed by atoms with van der Waals surface area (Å²) < 4.78 is 7.29. The molecule has 3 nitrogen and oxygen atoms in total. The summed E-state index contributed by atoms with van der Waals surface area (Å²) in [4.78, 5) is 0. The summed E-state index contributed by atoms with van der Waals surface area (Å²) in [5.41, 5.74) is 13.1. The molecule has 0 saturated heterocycles. The molecule has 0 aliphatic rings. The van der Waals surface area contributed by atoms with Crippen molar-refractivity contribution in [3.8, 4) is 28.2 Å². The molecule has 8 aromatic carbocycles. The topological polar surface area (TPSA) is 14.8 Å². The molecular weight excluding hydrogens is 619 g/mol. The Kier molecular flexibility index (Phi) is 5.96. The zero-order valence-electron chi connectivity index (χ0n) is 27.7. The first-order chi connectivity index (χ1) is 25.3. The zero-order chi connectivity index (χ0) is 33.5. The van der Waals surface area contributed by atoms with Gasteiger partial charge in [0.05, 0.1) is 33.1 Å². The quantitative estimate of drug-likeness (QED) is 0.180. The van der Waals surface area contributed by atoms with Crippen LogP contribution in [0.15, 0.2) is 188 Å². The Morgan fingerprint density at radius 3 is 1.25 bits per heavy atom. The van der Waals surface area contributed by atoms with Crippen LogP contribution in [0.5, 0.6) is 0 Å². The van der Waals surface area contributed by atoms with Crippen LogP contribution < -0.4 is 0 Å². The monoisotopic (exact) mass is 649 g/mol. The van der Waals surface area contributed by atoms with E-state index in [0.29, 0.717) is 0 Å². The maximum absolute atomic E-state index is 2.45. The van der Waals surface area contributed by atoms with Crippen molar-refractivity contribution in [3.05, 3.63) is 188 Å². The van der Waals surface area contributed by atoms with Gasteiger partial charge in [0.15, 0.2) is 0 Å². The van der Waals surface area contributed by atoms with Gasteiger partial charge in [-0.1, -0.05) is 115 Å². The summed E-state index contributed by atoms with van der Waals surface area (Å²) in [7, 11) is 0. The number of aromatic nitrogens is 3. The largest absolute Gasteiger partial charge is 0.309 e. The molecule has 238 valence electrons. The summed E-state index contributed by atoms with van der Waals surface area (Å²) in [6.45, 7) is 0. The molecule has 0 unspecified atom stereocenters. The predicted octanol–water partition coefficient (Wildman–Crippen LogP) is 12.6. The Labute approximate surface area is 294 Å². The van der Waals surface area contributed by atoms with Crippen molar-refractivity contribution in [1.29, 1.82) is 0 Å². The lowest BCUT2D eigenvalue weighted by Crippen LogP contribution is -1.96. The Balaban J connectivity index is 1.26. The van der Waals surface area contributed by atoms with Gasteiger partial charge in [-0.3, -0.25) is 0 Å². The molecule has 11 aromatic rings. The molecule has 3 aromatic heterocycles. The van der Waals surface area contributed by atoms with Gasteiger partial charge in [0.25, 0.3) is 0 Å². The summed E-state index contributed by atoms with van der Waals surface area (Å²) in [5.74, 6) is 0. The molecule has 0 N–H and O–H groups in total. The molecule has 0 bridgehead atoms. The molecule has 0 radical (unpaired) electrons. The van der Waals surface area contributed by atoms with Crippen LogP contribution in [0.1, 0.15) is 0 Å². The van der Waals surface area contributed by atoms with Crippen molar-refractivity contribution >= 4 is 65.4 Å². The molecule has 0 aliphatic carbocycles. The standard InChI is InChI=1S/C48H31N3/c1-3-13-32(14-4-1)33-23-25-35(26-24-33)50-44-28-27-36(51-41-20-10-7-17-37(41)38-18-8-11-21-42(38)51)31-40(44)48-46(50)30-29-45-47(48)39-19-9-12-22-43(39)49(45)34-15-5-2-6-16-34/h1-31H. The van der Waals surface area contributed by atoms with Crippen LogP contribution in [-0.4, -0.2) is 13.7 Å². The van der Waals surface area contributed by atoms with Crippen LogP contribution in [-0.2, 0) is 0 Å². The second-order valence-corrected chi connectivity index (χ2v) is 13.4. The van der Waals surface area contributed by atoms with E-state index in [-0.39, 0.29) is 0 Å². The van der Waals surface area contributed by atoms with Crippen LogP contribution in [0.4, 0.5) is 0 Å². The van der Waals surface area contributed by atoms with Crippen LogP contribution in [0.25, 0.3) is 93.6 Å². The molecule has 0 fully saturated rings. The van der Waals surface area contributed by atoms with Crippen molar-refractivity contribution in [3.63, 3.8) is 0 Å². The number of benzene rings is 8. The van der Waals surface area contributed by atoms with Gasteiger partial charge in [-0.25, -0.2) is 0 Å². The number of para-hydroxylation sites is 4. The summed E-state index contributed by atoms with van der Waals surface area (Å²) in [6, 6.07) is 68.4. The van der Waals surface area contributed by atoms with E-state index in [0.717, 1.165) is 17.1 Å².